The maximum atomic E-state index is 2.37. The Kier molecular flexibility index (Phi) is 6.66. The topological polar surface area (TPSA) is 0 Å². The molecule has 4 aromatic carbocycles. The highest BCUT2D eigenvalue weighted by molar-refractivity contribution is 5.86. The Morgan fingerprint density at radius 1 is 0.447 bits per heavy atom. The van der Waals surface area contributed by atoms with E-state index in [1.165, 1.54) is 44.5 Å². The Balaban J connectivity index is 1.32. The van der Waals surface area contributed by atoms with Crippen LogP contribution in [-0.2, 0) is 12.8 Å². The van der Waals surface area contributed by atoms with Gasteiger partial charge in [-0.2, -0.15) is 0 Å². The maximum absolute atomic E-state index is 2.37. The summed E-state index contributed by atoms with van der Waals surface area (Å²) in [5.41, 5.74) is 17.9. The molecular formula is C38H38. The molecule has 0 radical (unpaired) electrons. The van der Waals surface area contributed by atoms with E-state index < -0.39 is 0 Å². The minimum Gasteiger partial charge on any atom is -0.0622 e. The lowest BCUT2D eigenvalue weighted by Crippen LogP contribution is -1.98. The second-order valence-corrected chi connectivity index (χ2v) is 11.6. The largest absolute Gasteiger partial charge is 0.0622 e. The smallest absolute Gasteiger partial charge is 0.00486 e. The first-order valence-electron chi connectivity index (χ1n) is 14.3. The van der Waals surface area contributed by atoms with Gasteiger partial charge in [-0.1, -0.05) is 136 Å². The van der Waals surface area contributed by atoms with E-state index >= 15 is 0 Å². The lowest BCUT2D eigenvalue weighted by atomic mass is 9.90. The molecule has 0 unspecified atom stereocenters. The van der Waals surface area contributed by atoms with Gasteiger partial charge >= 0.3 is 0 Å². The molecule has 2 aliphatic rings. The second kappa shape index (κ2) is 10.3. The molecule has 190 valence electrons. The van der Waals surface area contributed by atoms with Gasteiger partial charge in [0, 0.05) is 0 Å². The molecule has 0 heterocycles. The van der Waals surface area contributed by atoms with Crippen LogP contribution in [0, 0.1) is 11.8 Å². The lowest BCUT2D eigenvalue weighted by Gasteiger charge is -2.15. The van der Waals surface area contributed by atoms with Crippen LogP contribution >= 0.6 is 0 Å². The number of allylic oxidation sites excluding steroid dienone is 4. The quantitative estimate of drug-likeness (QED) is 0.240. The van der Waals surface area contributed by atoms with E-state index in [2.05, 4.69) is 125 Å². The average molecular weight is 495 g/mol. The van der Waals surface area contributed by atoms with Gasteiger partial charge in [-0.05, 0) is 93.2 Å². The van der Waals surface area contributed by atoms with Crippen LogP contribution in [0.1, 0.15) is 62.8 Å². The predicted molar refractivity (Wildman–Crippen MR) is 164 cm³/mol. The molecule has 0 heteroatoms. The van der Waals surface area contributed by atoms with Crippen molar-refractivity contribution >= 4 is 11.1 Å². The summed E-state index contributed by atoms with van der Waals surface area (Å²) in [5, 5.41) is 0. The minimum absolute atomic E-state index is 0.529. The third-order valence-corrected chi connectivity index (χ3v) is 8.53. The van der Waals surface area contributed by atoms with Crippen LogP contribution in [0.3, 0.4) is 0 Å². The van der Waals surface area contributed by atoms with Gasteiger partial charge in [0.2, 0.25) is 0 Å². The van der Waals surface area contributed by atoms with Crippen LogP contribution in [0.15, 0.2) is 108 Å². The van der Waals surface area contributed by atoms with Gasteiger partial charge in [0.05, 0.1) is 0 Å². The summed E-state index contributed by atoms with van der Waals surface area (Å²) < 4.78 is 0. The Morgan fingerprint density at radius 3 is 1.18 bits per heavy atom. The van der Waals surface area contributed by atoms with Crippen molar-refractivity contribution in [2.45, 2.75) is 53.4 Å². The summed E-state index contributed by atoms with van der Waals surface area (Å²) in [6.07, 6.45) is 4.47. The molecule has 38 heavy (non-hydrogen) atoms. The second-order valence-electron chi connectivity index (χ2n) is 11.6. The Labute approximate surface area is 228 Å². The molecule has 0 aliphatic heterocycles. The summed E-state index contributed by atoms with van der Waals surface area (Å²) in [6, 6.07) is 35.7. The summed E-state index contributed by atoms with van der Waals surface area (Å²) >= 11 is 0. The number of hydrogen-bond donors (Lipinski definition) is 0. The molecule has 0 saturated heterocycles. The molecule has 0 atom stereocenters. The summed E-state index contributed by atoms with van der Waals surface area (Å²) in [7, 11) is 0. The van der Waals surface area contributed by atoms with Crippen molar-refractivity contribution in [2.24, 2.45) is 11.8 Å². The van der Waals surface area contributed by atoms with Crippen molar-refractivity contribution in [1.29, 1.82) is 0 Å². The number of benzene rings is 4. The molecule has 0 saturated carbocycles. The summed E-state index contributed by atoms with van der Waals surface area (Å²) in [5.74, 6) is 1.06. The fourth-order valence-electron chi connectivity index (χ4n) is 7.02. The van der Waals surface area contributed by atoms with Gasteiger partial charge < -0.3 is 0 Å². The van der Waals surface area contributed by atoms with E-state index in [0.717, 1.165) is 25.7 Å². The highest BCUT2D eigenvalue weighted by Crippen LogP contribution is 2.47. The van der Waals surface area contributed by atoms with E-state index in [1.807, 2.05) is 0 Å². The SMILES string of the molecule is CC(C)C1=C(CCC2=C(C(C)C)c3cccc(-c4ccccc4)c3C2)Cc2c1cccc2-c1ccccc1. The summed E-state index contributed by atoms with van der Waals surface area (Å²) in [6.45, 7) is 9.48. The van der Waals surface area contributed by atoms with Crippen molar-refractivity contribution in [1.82, 2.24) is 0 Å². The average Bonchev–Trinajstić information content (AvgIpc) is 3.51. The van der Waals surface area contributed by atoms with Gasteiger partial charge in [-0.25, -0.2) is 0 Å². The van der Waals surface area contributed by atoms with Crippen molar-refractivity contribution in [3.05, 3.63) is 130 Å². The van der Waals surface area contributed by atoms with Crippen LogP contribution in [0.5, 0.6) is 0 Å². The normalized spacial score (nSPS) is 14.6. The van der Waals surface area contributed by atoms with Crippen LogP contribution in [0.2, 0.25) is 0 Å². The van der Waals surface area contributed by atoms with Crippen molar-refractivity contribution < 1.29 is 0 Å². The van der Waals surface area contributed by atoms with Gasteiger partial charge in [0.1, 0.15) is 0 Å². The standard InChI is InChI=1S/C38H38/c1-25(2)37-29(23-35-31(17-11-19-33(35)37)27-13-7-5-8-14-27)21-22-30-24-36-32(28-15-9-6-10-16-28)18-12-20-34(36)38(30)26(3)4/h5-20,25-26H,21-24H2,1-4H3. The van der Waals surface area contributed by atoms with E-state index in [-0.39, 0.29) is 0 Å². The van der Waals surface area contributed by atoms with E-state index in [9.17, 15) is 0 Å². The zero-order valence-electron chi connectivity index (χ0n) is 23.2. The monoisotopic (exact) mass is 494 g/mol. The first kappa shape index (κ1) is 24.7. The van der Waals surface area contributed by atoms with Gasteiger partial charge in [-0.3, -0.25) is 0 Å². The molecular weight excluding hydrogens is 456 g/mol. The zero-order valence-corrected chi connectivity index (χ0v) is 23.2. The molecule has 0 spiro atoms. The van der Waals surface area contributed by atoms with E-state index in [4.69, 9.17) is 0 Å². The first-order valence-corrected chi connectivity index (χ1v) is 14.3. The van der Waals surface area contributed by atoms with Gasteiger partial charge in [-0.15, -0.1) is 0 Å². The van der Waals surface area contributed by atoms with E-state index in [0.29, 0.717) is 11.8 Å². The van der Waals surface area contributed by atoms with E-state index in [1.54, 1.807) is 22.3 Å². The molecule has 2 aliphatic carbocycles. The first-order chi connectivity index (χ1) is 18.5. The third kappa shape index (κ3) is 4.37. The fourth-order valence-corrected chi connectivity index (χ4v) is 7.02. The summed E-state index contributed by atoms with van der Waals surface area (Å²) in [4.78, 5) is 0. The van der Waals surface area contributed by atoms with Crippen molar-refractivity contribution in [3.63, 3.8) is 0 Å². The number of hydrogen-bond acceptors (Lipinski definition) is 0. The fraction of sp³-hybridized carbons (Fsp3) is 0.263. The maximum Gasteiger partial charge on any atom is -0.00486 e. The van der Waals surface area contributed by atoms with Crippen LogP contribution in [-0.4, -0.2) is 0 Å². The highest BCUT2D eigenvalue weighted by atomic mass is 14.3. The van der Waals surface area contributed by atoms with Crippen LogP contribution in [0.25, 0.3) is 33.4 Å². The number of fused-ring (bicyclic) bond motifs is 2. The molecule has 0 aromatic heterocycles. The highest BCUT2D eigenvalue weighted by Gasteiger charge is 2.29. The number of rotatable bonds is 7. The molecule has 6 rings (SSSR count). The van der Waals surface area contributed by atoms with Crippen LogP contribution < -0.4 is 0 Å². The Bertz CT molecular complexity index is 1410. The molecule has 0 amide bonds. The molecule has 0 nitrogen and oxygen atoms in total. The van der Waals surface area contributed by atoms with Crippen molar-refractivity contribution in [3.8, 4) is 22.3 Å². The lowest BCUT2D eigenvalue weighted by molar-refractivity contribution is 0.810. The van der Waals surface area contributed by atoms with Crippen LogP contribution in [0.4, 0.5) is 0 Å². The van der Waals surface area contributed by atoms with Crippen molar-refractivity contribution in [2.75, 3.05) is 0 Å². The van der Waals surface area contributed by atoms with Gasteiger partial charge in [0.25, 0.3) is 0 Å². The Hall–Kier alpha value is -3.64. The minimum atomic E-state index is 0.529. The molecule has 0 fully saturated rings. The molecule has 4 aromatic rings. The molecule has 0 N–H and O–H groups in total. The third-order valence-electron chi connectivity index (χ3n) is 8.53. The predicted octanol–water partition coefficient (Wildman–Crippen LogP) is 10.4. The molecule has 0 bridgehead atoms. The van der Waals surface area contributed by atoms with Gasteiger partial charge in [0.15, 0.2) is 0 Å². The Morgan fingerprint density at radius 2 is 0.816 bits per heavy atom. The zero-order chi connectivity index (χ0) is 26.2.